The maximum Gasteiger partial charge on any atom is 0.297 e. The highest BCUT2D eigenvalue weighted by molar-refractivity contribution is 7.90. The van der Waals surface area contributed by atoms with E-state index in [1.54, 1.807) is 24.4 Å². The molecule has 4 aliphatic heterocycles. The van der Waals surface area contributed by atoms with Crippen molar-refractivity contribution in [3.63, 3.8) is 0 Å². The number of H-pyrrole nitrogens is 1. The largest absolute Gasteiger partial charge is 0.489 e. The fourth-order valence-corrected chi connectivity index (χ4v) is 14.0. The van der Waals surface area contributed by atoms with Crippen molar-refractivity contribution >= 4 is 44.0 Å². The number of rotatable bonds is 14. The Morgan fingerprint density at radius 3 is 2.49 bits per heavy atom. The number of fused-ring (bicyclic) bond motifs is 2. The van der Waals surface area contributed by atoms with Gasteiger partial charge in [-0.05, 0) is 157 Å². The van der Waals surface area contributed by atoms with E-state index in [9.17, 15) is 28.4 Å². The lowest BCUT2D eigenvalue weighted by atomic mass is 9.59. The summed E-state index contributed by atoms with van der Waals surface area (Å²) in [4.78, 5) is 41.2. The number of anilines is 2. The summed E-state index contributed by atoms with van der Waals surface area (Å²) in [5, 5.41) is 27.1. The highest BCUT2D eigenvalue weighted by Crippen LogP contribution is 2.55. The average molecular weight is 1030 g/mol. The third kappa shape index (κ3) is 10.0. The summed E-state index contributed by atoms with van der Waals surface area (Å²) in [5.41, 5.74) is 3.40. The molecule has 0 radical (unpaired) electrons. The van der Waals surface area contributed by atoms with Gasteiger partial charge in [0.25, 0.3) is 27.5 Å². The van der Waals surface area contributed by atoms with Gasteiger partial charge in [0.1, 0.15) is 24.6 Å². The SMILES string of the molecule is CC(C)c1ccccc1[C@H]1CCCN1C1CC2(CCN(c3ccc(C(=O)NS(=O)(=O)c4cc5c(c([N+](=O)[O-])c4)N[C@@H](C4CCC(C)(O)CC4)CO5)c(Oc4cc5cc[nH]c5nc4OC[C@@H]4CCCN4C)c3)CC2)C1. The second kappa shape index (κ2) is 20.0. The number of amides is 1. The Hall–Kier alpha value is -5.95. The maximum atomic E-state index is 14.5. The number of hydrogen-bond acceptors (Lipinski definition) is 14. The van der Waals surface area contributed by atoms with Gasteiger partial charge in [0.05, 0.1) is 27.0 Å². The van der Waals surface area contributed by atoms with E-state index in [0.29, 0.717) is 55.9 Å². The fraction of sp³-hybridized carbons (Fsp3) is 0.536. The first kappa shape index (κ1) is 50.2. The van der Waals surface area contributed by atoms with Gasteiger partial charge in [0, 0.05) is 66.7 Å². The van der Waals surface area contributed by atoms with E-state index in [1.165, 1.54) is 42.9 Å². The van der Waals surface area contributed by atoms with Gasteiger partial charge in [-0.15, -0.1) is 0 Å². The number of nitrogens with zero attached hydrogens (tertiary/aromatic N) is 5. The standard InChI is InChI=1S/C56H70N8O9S/c1-35(2)42-10-5-6-11-43(42)46-12-8-24-63(46)40-31-56(32-40)20-25-62(26-21-56)38-13-14-44(48(28-38)73-50-27-37-17-22-57-52(37)59-54(50)72-33-39-9-7-23-61(39)4)53(65)60-74(69,70)41-29-47(64(67)68)51-49(30-41)71-34-45(58-51)36-15-18-55(3,66)19-16-36/h5-6,10-11,13-14,17,22,27-30,35-36,39-40,45-46,58,66H,7-9,12,15-16,18-21,23-26,31-34H2,1-4H3,(H,57,59)(H,60,65)/t36?,39-,45+,46+,55?/m0/s1. The van der Waals surface area contributed by atoms with Gasteiger partial charge < -0.3 is 39.4 Å². The van der Waals surface area contributed by atoms with Crippen LogP contribution in [0.1, 0.15) is 131 Å². The first-order valence-corrected chi connectivity index (χ1v) is 28.2. The number of aliphatic hydroxyl groups is 1. The third-order valence-corrected chi connectivity index (χ3v) is 18.8. The molecule has 0 bridgehead atoms. The molecule has 1 spiro atoms. The first-order valence-electron chi connectivity index (χ1n) is 26.8. The third-order valence-electron chi connectivity index (χ3n) is 17.5. The van der Waals surface area contributed by atoms with Crippen LogP contribution in [0, 0.1) is 21.4 Å². The Morgan fingerprint density at radius 1 is 0.973 bits per heavy atom. The number of nitro groups is 1. The van der Waals surface area contributed by atoms with E-state index in [2.05, 4.69) is 74.9 Å². The predicted molar refractivity (Wildman–Crippen MR) is 283 cm³/mol. The van der Waals surface area contributed by atoms with Crippen LogP contribution in [-0.4, -0.2) is 114 Å². The number of nitro benzene ring substituents is 1. The monoisotopic (exact) mass is 1030 g/mol. The van der Waals surface area contributed by atoms with E-state index >= 15 is 0 Å². The second-order valence-electron chi connectivity index (χ2n) is 22.7. The number of ether oxygens (including phenoxy) is 3. The number of aromatic nitrogens is 2. The number of likely N-dealkylation sites (N-methyl/N-ethyl adjacent to an activating group) is 1. The van der Waals surface area contributed by atoms with Gasteiger partial charge >= 0.3 is 0 Å². The molecule has 6 heterocycles. The lowest BCUT2D eigenvalue weighted by Crippen LogP contribution is -2.54. The van der Waals surface area contributed by atoms with Crippen molar-refractivity contribution in [2.75, 3.05) is 56.7 Å². The molecule has 4 N–H and O–H groups in total. The number of carbonyl (C=O) groups is 1. The molecule has 74 heavy (non-hydrogen) atoms. The smallest absolute Gasteiger partial charge is 0.297 e. The summed E-state index contributed by atoms with van der Waals surface area (Å²) in [6.07, 6.45) is 13.2. The van der Waals surface area contributed by atoms with Crippen LogP contribution in [0.2, 0.25) is 0 Å². The number of carbonyl (C=O) groups excluding carboxylic acids is 1. The molecule has 2 aliphatic carbocycles. The van der Waals surface area contributed by atoms with Crippen molar-refractivity contribution in [3.05, 3.63) is 99.7 Å². The quantitative estimate of drug-likeness (QED) is 0.0604. The van der Waals surface area contributed by atoms with Crippen LogP contribution in [0.4, 0.5) is 17.1 Å². The summed E-state index contributed by atoms with van der Waals surface area (Å²) in [6.45, 7) is 10.6. The number of hydrogen-bond donors (Lipinski definition) is 4. The molecule has 2 saturated carbocycles. The van der Waals surface area contributed by atoms with Crippen molar-refractivity contribution in [1.82, 2.24) is 24.5 Å². The lowest BCUT2D eigenvalue weighted by molar-refractivity contribution is -0.384. The zero-order valence-electron chi connectivity index (χ0n) is 43.0. The minimum absolute atomic E-state index is 0.00295. The zero-order valence-corrected chi connectivity index (χ0v) is 43.8. The van der Waals surface area contributed by atoms with Crippen molar-refractivity contribution in [1.29, 1.82) is 0 Å². The molecule has 0 unspecified atom stereocenters. The van der Waals surface area contributed by atoms with Gasteiger partial charge in [-0.1, -0.05) is 38.1 Å². The number of nitrogens with one attached hydrogen (secondary N) is 3. The van der Waals surface area contributed by atoms with Crippen molar-refractivity contribution < 1.29 is 37.5 Å². The summed E-state index contributed by atoms with van der Waals surface area (Å²) in [6, 6.07) is 20.9. The Labute approximate surface area is 433 Å². The maximum absolute atomic E-state index is 14.5. The predicted octanol–water partition coefficient (Wildman–Crippen LogP) is 9.68. The Bertz CT molecular complexity index is 3030. The van der Waals surface area contributed by atoms with E-state index < -0.39 is 37.0 Å². The Balaban J connectivity index is 0.845. The van der Waals surface area contributed by atoms with Crippen LogP contribution in [0.5, 0.6) is 23.1 Å². The fourth-order valence-electron chi connectivity index (χ4n) is 13.0. The molecule has 5 fully saturated rings. The minimum Gasteiger partial charge on any atom is -0.489 e. The van der Waals surface area contributed by atoms with Crippen molar-refractivity contribution in [2.45, 2.75) is 138 Å². The van der Waals surface area contributed by atoms with Gasteiger partial charge in [-0.3, -0.25) is 19.8 Å². The summed E-state index contributed by atoms with van der Waals surface area (Å²) in [7, 11) is -2.65. The molecule has 5 aromatic rings. The van der Waals surface area contributed by atoms with Crippen LogP contribution in [-0.2, 0) is 10.0 Å². The zero-order chi connectivity index (χ0) is 51.5. The molecule has 3 atom stereocenters. The molecule has 17 nitrogen and oxygen atoms in total. The van der Waals surface area contributed by atoms with Gasteiger partial charge in [0.2, 0.25) is 0 Å². The summed E-state index contributed by atoms with van der Waals surface area (Å²) in [5.74, 6) is 0.168. The highest BCUT2D eigenvalue weighted by atomic mass is 32.2. The number of aromatic amines is 1. The molecule has 6 aliphatic rings. The van der Waals surface area contributed by atoms with Crippen LogP contribution in [0.15, 0.2) is 77.8 Å². The number of pyridine rings is 1. The molecule has 3 saturated heterocycles. The highest BCUT2D eigenvalue weighted by Gasteiger charge is 2.50. The van der Waals surface area contributed by atoms with E-state index in [-0.39, 0.29) is 64.4 Å². The van der Waals surface area contributed by atoms with Crippen molar-refractivity contribution in [3.8, 4) is 23.1 Å². The Morgan fingerprint density at radius 2 is 1.74 bits per heavy atom. The van der Waals surface area contributed by atoms with Crippen LogP contribution >= 0.6 is 0 Å². The molecule has 2 aromatic heterocycles. The van der Waals surface area contributed by atoms with E-state index in [0.717, 1.165) is 69.0 Å². The summed E-state index contributed by atoms with van der Waals surface area (Å²) < 4.78 is 49.8. The molecule has 394 valence electrons. The average Bonchev–Trinajstić information content (AvgIpc) is 4.15. The van der Waals surface area contributed by atoms with Crippen LogP contribution in [0.25, 0.3) is 11.0 Å². The van der Waals surface area contributed by atoms with E-state index in [1.807, 2.05) is 19.1 Å². The van der Waals surface area contributed by atoms with Crippen molar-refractivity contribution in [2.24, 2.45) is 11.3 Å². The normalized spacial score (nSPS) is 25.4. The lowest BCUT2D eigenvalue weighted by Gasteiger charge is -2.56. The first-order chi connectivity index (χ1) is 35.5. The van der Waals surface area contributed by atoms with Gasteiger partial charge in [0.15, 0.2) is 17.2 Å². The molecule has 1 amide bonds. The molecular weight excluding hydrogens is 961 g/mol. The van der Waals surface area contributed by atoms with Crippen LogP contribution in [0.3, 0.4) is 0 Å². The second-order valence-corrected chi connectivity index (χ2v) is 24.4. The van der Waals surface area contributed by atoms with E-state index in [4.69, 9.17) is 19.2 Å². The number of likely N-dealkylation sites (tertiary alicyclic amines) is 2. The summed E-state index contributed by atoms with van der Waals surface area (Å²) >= 11 is 0. The number of benzene rings is 3. The van der Waals surface area contributed by atoms with Gasteiger partial charge in [-0.2, -0.15) is 4.98 Å². The molecule has 18 heteroatoms. The number of sulfonamides is 1. The molecule has 3 aromatic carbocycles. The van der Waals surface area contributed by atoms with Gasteiger partial charge in [-0.25, -0.2) is 13.1 Å². The Kier molecular flexibility index (Phi) is 13.5. The molecular formula is C56H70N8O9S. The number of piperidine rings is 1. The van der Waals surface area contributed by atoms with Crippen LogP contribution < -0.4 is 29.1 Å². The minimum atomic E-state index is -4.72. The molecule has 11 rings (SSSR count). The topological polar surface area (TPSA) is 205 Å².